The standard InChI is InChI=1S/C16H23N5OS/c1-22-13-7-12(9-17)21(10-13)16-8-15(19-11-20-16)18-5-4-14-3-2-6-23-14/h2-3,6,8,11-13H,4-5,7,9-10,17H2,1H3,(H,18,19,20)/t12-,13-/m0/s1. The van der Waals surface area contributed by atoms with Crippen molar-refractivity contribution in [3.8, 4) is 0 Å². The average molecular weight is 333 g/mol. The van der Waals surface area contributed by atoms with Gasteiger partial charge in [-0.05, 0) is 24.3 Å². The van der Waals surface area contributed by atoms with Crippen molar-refractivity contribution >= 4 is 23.0 Å². The van der Waals surface area contributed by atoms with Crippen LogP contribution in [0.1, 0.15) is 11.3 Å². The second kappa shape index (κ2) is 7.72. The summed E-state index contributed by atoms with van der Waals surface area (Å²) in [7, 11) is 1.75. The molecule has 2 aromatic rings. The highest BCUT2D eigenvalue weighted by molar-refractivity contribution is 7.09. The largest absolute Gasteiger partial charge is 0.380 e. The number of nitrogens with one attached hydrogen (secondary N) is 1. The van der Waals surface area contributed by atoms with Crippen LogP contribution in [0, 0.1) is 0 Å². The number of aromatic nitrogens is 2. The lowest BCUT2D eigenvalue weighted by Crippen LogP contribution is -2.36. The Kier molecular flexibility index (Phi) is 5.43. The number of rotatable bonds is 7. The molecule has 23 heavy (non-hydrogen) atoms. The maximum absolute atomic E-state index is 5.90. The molecule has 0 spiro atoms. The van der Waals surface area contributed by atoms with E-state index in [-0.39, 0.29) is 12.1 Å². The van der Waals surface area contributed by atoms with Crippen molar-refractivity contribution in [1.29, 1.82) is 0 Å². The Morgan fingerprint density at radius 3 is 3.13 bits per heavy atom. The van der Waals surface area contributed by atoms with Crippen LogP contribution in [0.5, 0.6) is 0 Å². The summed E-state index contributed by atoms with van der Waals surface area (Å²) < 4.78 is 5.48. The Morgan fingerprint density at radius 1 is 1.48 bits per heavy atom. The van der Waals surface area contributed by atoms with E-state index in [0.29, 0.717) is 6.54 Å². The Hall–Kier alpha value is -1.70. The Bertz CT molecular complexity index is 606. The zero-order valence-corrected chi connectivity index (χ0v) is 14.1. The van der Waals surface area contributed by atoms with Crippen molar-refractivity contribution in [2.45, 2.75) is 25.0 Å². The number of methoxy groups -OCH3 is 1. The van der Waals surface area contributed by atoms with E-state index in [1.807, 2.05) is 6.07 Å². The number of thiophene rings is 1. The molecule has 0 bridgehead atoms. The van der Waals surface area contributed by atoms with Crippen LogP contribution in [0.3, 0.4) is 0 Å². The van der Waals surface area contributed by atoms with Gasteiger partial charge in [0, 0.05) is 43.7 Å². The number of anilines is 2. The molecule has 124 valence electrons. The van der Waals surface area contributed by atoms with Gasteiger partial charge in [0.1, 0.15) is 18.0 Å². The minimum absolute atomic E-state index is 0.216. The topological polar surface area (TPSA) is 76.3 Å². The number of nitrogens with two attached hydrogens (primary N) is 1. The molecule has 0 aromatic carbocycles. The number of hydrogen-bond donors (Lipinski definition) is 2. The van der Waals surface area contributed by atoms with Crippen LogP contribution in [0.25, 0.3) is 0 Å². The Labute approximate surface area is 140 Å². The van der Waals surface area contributed by atoms with Crippen molar-refractivity contribution in [1.82, 2.24) is 9.97 Å². The fourth-order valence-electron chi connectivity index (χ4n) is 2.92. The van der Waals surface area contributed by atoms with Crippen LogP contribution in [-0.4, -0.2) is 48.9 Å². The molecule has 0 saturated carbocycles. The summed E-state index contributed by atoms with van der Waals surface area (Å²) in [5.41, 5.74) is 5.90. The second-order valence-corrected chi connectivity index (χ2v) is 6.69. The predicted octanol–water partition coefficient (Wildman–Crippen LogP) is 1.75. The van der Waals surface area contributed by atoms with Crippen molar-refractivity contribution in [3.63, 3.8) is 0 Å². The zero-order valence-electron chi connectivity index (χ0n) is 13.3. The van der Waals surface area contributed by atoms with E-state index >= 15 is 0 Å². The van der Waals surface area contributed by atoms with E-state index in [1.54, 1.807) is 24.8 Å². The highest BCUT2D eigenvalue weighted by Crippen LogP contribution is 2.26. The third-order valence-electron chi connectivity index (χ3n) is 4.19. The fraction of sp³-hybridized carbons (Fsp3) is 0.500. The first-order chi connectivity index (χ1) is 11.3. The Balaban J connectivity index is 1.62. The monoisotopic (exact) mass is 333 g/mol. The molecule has 2 atom stereocenters. The molecular weight excluding hydrogens is 310 g/mol. The molecule has 0 unspecified atom stereocenters. The van der Waals surface area contributed by atoms with Gasteiger partial charge < -0.3 is 20.7 Å². The molecule has 7 heteroatoms. The summed E-state index contributed by atoms with van der Waals surface area (Å²) in [5, 5.41) is 5.47. The van der Waals surface area contributed by atoms with Gasteiger partial charge in [-0.15, -0.1) is 11.3 Å². The fourth-order valence-corrected chi connectivity index (χ4v) is 3.63. The lowest BCUT2D eigenvalue weighted by atomic mass is 10.2. The van der Waals surface area contributed by atoms with Gasteiger partial charge in [0.05, 0.1) is 6.10 Å². The van der Waals surface area contributed by atoms with Gasteiger partial charge in [-0.1, -0.05) is 6.07 Å². The van der Waals surface area contributed by atoms with Gasteiger partial charge in [0.15, 0.2) is 0 Å². The number of hydrogen-bond acceptors (Lipinski definition) is 7. The third kappa shape index (κ3) is 3.99. The van der Waals surface area contributed by atoms with E-state index in [4.69, 9.17) is 10.5 Å². The maximum Gasteiger partial charge on any atom is 0.134 e. The smallest absolute Gasteiger partial charge is 0.134 e. The van der Waals surface area contributed by atoms with Gasteiger partial charge in [-0.3, -0.25) is 0 Å². The molecular formula is C16H23N5OS. The van der Waals surface area contributed by atoms with E-state index in [2.05, 4.69) is 37.7 Å². The number of nitrogens with zero attached hydrogens (tertiary/aromatic N) is 3. The van der Waals surface area contributed by atoms with Gasteiger partial charge in [0.2, 0.25) is 0 Å². The van der Waals surface area contributed by atoms with E-state index in [0.717, 1.165) is 37.6 Å². The van der Waals surface area contributed by atoms with Crippen molar-refractivity contribution < 1.29 is 4.74 Å². The molecule has 3 rings (SSSR count). The van der Waals surface area contributed by atoms with Crippen molar-refractivity contribution in [2.24, 2.45) is 5.73 Å². The normalized spacial score (nSPS) is 20.9. The first-order valence-corrected chi connectivity index (χ1v) is 8.76. The summed E-state index contributed by atoms with van der Waals surface area (Å²) >= 11 is 1.78. The Morgan fingerprint density at radius 2 is 2.39 bits per heavy atom. The van der Waals surface area contributed by atoms with Gasteiger partial charge in [0.25, 0.3) is 0 Å². The van der Waals surface area contributed by atoms with E-state index < -0.39 is 0 Å². The summed E-state index contributed by atoms with van der Waals surface area (Å²) in [6, 6.07) is 6.50. The second-order valence-electron chi connectivity index (χ2n) is 5.65. The third-order valence-corrected chi connectivity index (χ3v) is 5.12. The van der Waals surface area contributed by atoms with Crippen LogP contribution >= 0.6 is 11.3 Å². The molecule has 3 N–H and O–H groups in total. The quantitative estimate of drug-likeness (QED) is 0.804. The van der Waals surface area contributed by atoms with Crippen LogP contribution in [0.2, 0.25) is 0 Å². The molecule has 1 aliphatic rings. The maximum atomic E-state index is 5.90. The lowest BCUT2D eigenvalue weighted by Gasteiger charge is -2.24. The minimum atomic E-state index is 0.216. The summed E-state index contributed by atoms with van der Waals surface area (Å²) in [5.74, 6) is 1.76. The van der Waals surface area contributed by atoms with Crippen LogP contribution in [-0.2, 0) is 11.2 Å². The highest BCUT2D eigenvalue weighted by Gasteiger charge is 2.32. The van der Waals surface area contributed by atoms with E-state index in [9.17, 15) is 0 Å². The highest BCUT2D eigenvalue weighted by atomic mass is 32.1. The predicted molar refractivity (Wildman–Crippen MR) is 94.1 cm³/mol. The van der Waals surface area contributed by atoms with Gasteiger partial charge in [-0.2, -0.15) is 0 Å². The molecule has 0 radical (unpaired) electrons. The minimum Gasteiger partial charge on any atom is -0.380 e. The lowest BCUT2D eigenvalue weighted by molar-refractivity contribution is 0.118. The first-order valence-electron chi connectivity index (χ1n) is 7.88. The average Bonchev–Trinajstić information content (AvgIpc) is 3.24. The number of ether oxygens (including phenoxy) is 1. The van der Waals surface area contributed by atoms with Crippen molar-refractivity contribution in [3.05, 3.63) is 34.8 Å². The van der Waals surface area contributed by atoms with Crippen LogP contribution in [0.4, 0.5) is 11.6 Å². The summed E-state index contributed by atoms with van der Waals surface area (Å²) in [6.07, 6.45) is 3.76. The molecule has 1 fully saturated rings. The zero-order chi connectivity index (χ0) is 16.1. The summed E-state index contributed by atoms with van der Waals surface area (Å²) in [4.78, 5) is 12.3. The molecule has 1 saturated heterocycles. The van der Waals surface area contributed by atoms with Crippen molar-refractivity contribution in [2.75, 3.05) is 37.0 Å². The van der Waals surface area contributed by atoms with Gasteiger partial charge >= 0.3 is 0 Å². The van der Waals surface area contributed by atoms with Crippen LogP contribution < -0.4 is 16.0 Å². The SMILES string of the molecule is CO[C@H]1C[C@@H](CN)N(c2cc(NCCc3cccs3)ncn2)C1. The summed E-state index contributed by atoms with van der Waals surface area (Å²) in [6.45, 7) is 2.28. The molecule has 0 aliphatic carbocycles. The van der Waals surface area contributed by atoms with E-state index in [1.165, 1.54) is 4.88 Å². The molecule has 3 heterocycles. The molecule has 0 amide bonds. The van der Waals surface area contributed by atoms with Crippen LogP contribution in [0.15, 0.2) is 29.9 Å². The van der Waals surface area contributed by atoms with Gasteiger partial charge in [-0.25, -0.2) is 9.97 Å². The first kappa shape index (κ1) is 16.2. The molecule has 2 aromatic heterocycles. The molecule has 6 nitrogen and oxygen atoms in total. The molecule has 1 aliphatic heterocycles.